The SMILES string of the molecule is CC(CN(Cc1cccc(F)c1)c1ccccc1F)C(=O)O. The van der Waals surface area contributed by atoms with Crippen molar-refractivity contribution in [2.45, 2.75) is 13.5 Å². The molecule has 2 aromatic carbocycles. The van der Waals surface area contributed by atoms with Crippen molar-refractivity contribution in [1.82, 2.24) is 0 Å². The molecule has 0 fully saturated rings. The van der Waals surface area contributed by atoms with Crippen LogP contribution in [-0.4, -0.2) is 17.6 Å². The van der Waals surface area contributed by atoms with E-state index in [1.165, 1.54) is 18.2 Å². The standard InChI is InChI=1S/C17H17F2NO2/c1-12(17(21)22)10-20(16-8-3-2-7-15(16)19)11-13-5-4-6-14(18)9-13/h2-9,12H,10-11H2,1H3,(H,21,22). The Balaban J connectivity index is 2.29. The van der Waals surface area contributed by atoms with Crippen LogP contribution in [0.15, 0.2) is 48.5 Å². The number of anilines is 1. The van der Waals surface area contributed by atoms with Crippen molar-refractivity contribution in [2.75, 3.05) is 11.4 Å². The highest BCUT2D eigenvalue weighted by Crippen LogP contribution is 2.22. The first-order chi connectivity index (χ1) is 10.5. The van der Waals surface area contributed by atoms with Crippen LogP contribution in [0.5, 0.6) is 0 Å². The molecule has 1 N–H and O–H groups in total. The summed E-state index contributed by atoms with van der Waals surface area (Å²) in [6, 6.07) is 12.1. The van der Waals surface area contributed by atoms with Crippen LogP contribution in [0.4, 0.5) is 14.5 Å². The summed E-state index contributed by atoms with van der Waals surface area (Å²) in [5.41, 5.74) is 0.959. The van der Waals surface area contributed by atoms with E-state index in [0.717, 1.165) is 0 Å². The first-order valence-corrected chi connectivity index (χ1v) is 6.94. The second-order valence-corrected chi connectivity index (χ2v) is 5.20. The van der Waals surface area contributed by atoms with Crippen molar-refractivity contribution >= 4 is 11.7 Å². The lowest BCUT2D eigenvalue weighted by Gasteiger charge is -2.27. The molecule has 1 atom stereocenters. The summed E-state index contributed by atoms with van der Waals surface area (Å²) in [4.78, 5) is 12.7. The number of carbonyl (C=O) groups is 1. The number of halogens is 2. The summed E-state index contributed by atoms with van der Waals surface area (Å²) in [6.07, 6.45) is 0. The predicted molar refractivity (Wildman–Crippen MR) is 80.6 cm³/mol. The predicted octanol–water partition coefficient (Wildman–Crippen LogP) is 3.69. The summed E-state index contributed by atoms with van der Waals surface area (Å²) >= 11 is 0. The zero-order chi connectivity index (χ0) is 16.1. The number of benzene rings is 2. The summed E-state index contributed by atoms with van der Waals surface area (Å²) in [5.74, 6) is -2.44. The number of para-hydroxylation sites is 1. The lowest BCUT2D eigenvalue weighted by Crippen LogP contribution is -2.32. The Bertz CT molecular complexity index is 661. The zero-order valence-electron chi connectivity index (χ0n) is 12.2. The fraction of sp³-hybridized carbons (Fsp3) is 0.235. The largest absolute Gasteiger partial charge is 0.481 e. The van der Waals surface area contributed by atoms with Crippen molar-refractivity contribution in [3.05, 3.63) is 65.7 Å². The van der Waals surface area contributed by atoms with E-state index in [1.807, 2.05) is 0 Å². The number of nitrogens with zero attached hydrogens (tertiary/aromatic N) is 1. The Morgan fingerprint density at radius 2 is 1.91 bits per heavy atom. The average Bonchev–Trinajstić information content (AvgIpc) is 2.47. The first-order valence-electron chi connectivity index (χ1n) is 6.94. The number of hydrogen-bond acceptors (Lipinski definition) is 2. The van der Waals surface area contributed by atoms with Gasteiger partial charge >= 0.3 is 5.97 Å². The maximum Gasteiger partial charge on any atom is 0.308 e. The van der Waals surface area contributed by atoms with Gasteiger partial charge < -0.3 is 10.0 Å². The van der Waals surface area contributed by atoms with Crippen LogP contribution >= 0.6 is 0 Å². The molecule has 3 nitrogen and oxygen atoms in total. The van der Waals surface area contributed by atoms with Crippen LogP contribution in [0.25, 0.3) is 0 Å². The molecule has 0 bridgehead atoms. The van der Waals surface area contributed by atoms with E-state index in [2.05, 4.69) is 0 Å². The second-order valence-electron chi connectivity index (χ2n) is 5.20. The van der Waals surface area contributed by atoms with Gasteiger partial charge in [-0.15, -0.1) is 0 Å². The molecule has 0 spiro atoms. The zero-order valence-corrected chi connectivity index (χ0v) is 12.2. The van der Waals surface area contributed by atoms with Gasteiger partial charge in [0.05, 0.1) is 11.6 Å². The van der Waals surface area contributed by atoms with Crippen LogP contribution in [0, 0.1) is 17.6 Å². The quantitative estimate of drug-likeness (QED) is 0.885. The number of hydrogen-bond donors (Lipinski definition) is 1. The lowest BCUT2D eigenvalue weighted by atomic mass is 10.1. The van der Waals surface area contributed by atoms with E-state index in [-0.39, 0.29) is 18.9 Å². The fourth-order valence-electron chi connectivity index (χ4n) is 2.22. The molecule has 0 aliphatic heterocycles. The Kier molecular flexibility index (Phi) is 5.09. The minimum atomic E-state index is -0.958. The molecule has 0 amide bonds. The molecule has 5 heteroatoms. The van der Waals surface area contributed by atoms with Gasteiger partial charge in [-0.3, -0.25) is 4.79 Å². The van der Waals surface area contributed by atoms with Gasteiger partial charge in [0.1, 0.15) is 11.6 Å². The molecule has 2 aromatic rings. The molecule has 0 aliphatic rings. The van der Waals surface area contributed by atoms with Gasteiger partial charge in [0.2, 0.25) is 0 Å². The molecule has 0 saturated heterocycles. The third-order valence-corrected chi connectivity index (χ3v) is 3.37. The van der Waals surface area contributed by atoms with Gasteiger partial charge in [-0.05, 0) is 29.8 Å². The van der Waals surface area contributed by atoms with E-state index in [0.29, 0.717) is 11.3 Å². The average molecular weight is 305 g/mol. The second kappa shape index (κ2) is 7.02. The maximum atomic E-state index is 14.0. The van der Waals surface area contributed by atoms with Gasteiger partial charge in [0.25, 0.3) is 0 Å². The Morgan fingerprint density at radius 1 is 1.18 bits per heavy atom. The van der Waals surface area contributed by atoms with Crippen molar-refractivity contribution < 1.29 is 18.7 Å². The van der Waals surface area contributed by atoms with Crippen molar-refractivity contribution in [3.8, 4) is 0 Å². The highest BCUT2D eigenvalue weighted by Gasteiger charge is 2.19. The van der Waals surface area contributed by atoms with Crippen molar-refractivity contribution in [1.29, 1.82) is 0 Å². The van der Waals surface area contributed by atoms with Crippen LogP contribution in [0.2, 0.25) is 0 Å². The topological polar surface area (TPSA) is 40.5 Å². The molecular weight excluding hydrogens is 288 g/mol. The van der Waals surface area contributed by atoms with E-state index >= 15 is 0 Å². The number of aliphatic carboxylic acids is 1. The van der Waals surface area contributed by atoms with Gasteiger partial charge in [-0.25, -0.2) is 8.78 Å². The van der Waals surface area contributed by atoms with Gasteiger partial charge in [0.15, 0.2) is 0 Å². The highest BCUT2D eigenvalue weighted by atomic mass is 19.1. The molecule has 0 radical (unpaired) electrons. The highest BCUT2D eigenvalue weighted by molar-refractivity contribution is 5.70. The third kappa shape index (κ3) is 4.04. The van der Waals surface area contributed by atoms with Crippen LogP contribution in [0.1, 0.15) is 12.5 Å². The van der Waals surface area contributed by atoms with Gasteiger partial charge in [-0.2, -0.15) is 0 Å². The summed E-state index contributed by atoms with van der Waals surface area (Å²) < 4.78 is 27.3. The van der Waals surface area contributed by atoms with E-state index in [1.54, 1.807) is 42.2 Å². The Hall–Kier alpha value is -2.43. The molecule has 1 unspecified atom stereocenters. The van der Waals surface area contributed by atoms with E-state index in [9.17, 15) is 13.6 Å². The summed E-state index contributed by atoms with van der Waals surface area (Å²) in [5, 5.41) is 9.08. The van der Waals surface area contributed by atoms with Crippen LogP contribution in [0.3, 0.4) is 0 Å². The number of carboxylic acids is 1. The van der Waals surface area contributed by atoms with Crippen molar-refractivity contribution in [2.24, 2.45) is 5.92 Å². The van der Waals surface area contributed by atoms with Crippen LogP contribution < -0.4 is 4.90 Å². The molecule has 0 aromatic heterocycles. The fourth-order valence-corrected chi connectivity index (χ4v) is 2.22. The molecule has 0 aliphatic carbocycles. The lowest BCUT2D eigenvalue weighted by molar-refractivity contribution is -0.140. The van der Waals surface area contributed by atoms with Gasteiger partial charge in [-0.1, -0.05) is 31.2 Å². The smallest absolute Gasteiger partial charge is 0.308 e. The maximum absolute atomic E-state index is 14.0. The normalized spacial score (nSPS) is 12.0. The molecule has 22 heavy (non-hydrogen) atoms. The molecule has 0 saturated carbocycles. The summed E-state index contributed by atoms with van der Waals surface area (Å²) in [6.45, 7) is 1.92. The van der Waals surface area contributed by atoms with E-state index < -0.39 is 17.7 Å². The number of rotatable bonds is 6. The molecule has 116 valence electrons. The Labute approximate surface area is 127 Å². The van der Waals surface area contributed by atoms with Gasteiger partial charge in [0, 0.05) is 13.1 Å². The van der Waals surface area contributed by atoms with Crippen molar-refractivity contribution in [3.63, 3.8) is 0 Å². The minimum absolute atomic E-state index is 0.132. The molecule has 2 rings (SSSR count). The third-order valence-electron chi connectivity index (χ3n) is 3.37. The van der Waals surface area contributed by atoms with Crippen LogP contribution in [-0.2, 0) is 11.3 Å². The molecular formula is C17H17F2NO2. The summed E-state index contributed by atoms with van der Waals surface area (Å²) in [7, 11) is 0. The molecule has 0 heterocycles. The van der Waals surface area contributed by atoms with E-state index in [4.69, 9.17) is 5.11 Å². The monoisotopic (exact) mass is 305 g/mol. The Morgan fingerprint density at radius 3 is 2.55 bits per heavy atom. The minimum Gasteiger partial charge on any atom is -0.481 e. The first kappa shape index (κ1) is 15.9. The number of carboxylic acid groups (broad SMARTS) is 1.